The molecule has 3 nitrogen and oxygen atoms in total. The molecular formula is C17H18N2OS. The van der Waals surface area contributed by atoms with Crippen LogP contribution in [0.15, 0.2) is 30.4 Å². The highest BCUT2D eigenvalue weighted by Crippen LogP contribution is 2.44. The molecule has 1 N–H and O–H groups in total. The molecule has 0 radical (unpaired) electrons. The molecule has 0 unspecified atom stereocenters. The zero-order chi connectivity index (χ0) is 14.4. The van der Waals surface area contributed by atoms with E-state index in [-0.39, 0.29) is 11.8 Å². The Labute approximate surface area is 128 Å². The number of nitrogens with one attached hydrogen (secondary N) is 1. The SMILES string of the molecule is CCc1ccc2nc(NC(=O)[C@H]3C[C@@H]4C=C[C@H]3C4)sc2c1. The maximum atomic E-state index is 12.4. The molecule has 1 heterocycles. The predicted molar refractivity (Wildman–Crippen MR) is 86.5 cm³/mol. The maximum absolute atomic E-state index is 12.4. The van der Waals surface area contributed by atoms with Gasteiger partial charge in [-0.3, -0.25) is 4.79 Å². The fraction of sp³-hybridized carbons (Fsp3) is 0.412. The zero-order valence-corrected chi connectivity index (χ0v) is 12.8. The van der Waals surface area contributed by atoms with Crippen LogP contribution in [0.25, 0.3) is 10.2 Å². The second-order valence-electron chi connectivity index (χ2n) is 6.05. The first kappa shape index (κ1) is 13.0. The van der Waals surface area contributed by atoms with Crippen LogP contribution in [0.4, 0.5) is 5.13 Å². The average molecular weight is 298 g/mol. The van der Waals surface area contributed by atoms with E-state index in [0.717, 1.165) is 34.6 Å². The number of carbonyl (C=O) groups is 1. The lowest BCUT2D eigenvalue weighted by Gasteiger charge is -2.16. The van der Waals surface area contributed by atoms with E-state index in [2.05, 4.69) is 41.5 Å². The molecular weight excluding hydrogens is 280 g/mol. The summed E-state index contributed by atoms with van der Waals surface area (Å²) in [7, 11) is 0. The van der Waals surface area contributed by atoms with Gasteiger partial charge in [0.15, 0.2) is 5.13 Å². The molecule has 3 atom stereocenters. The molecule has 1 saturated carbocycles. The average Bonchev–Trinajstić information content (AvgIpc) is 3.20. The number of allylic oxidation sites excluding steroid dienone is 2. The summed E-state index contributed by atoms with van der Waals surface area (Å²) in [5, 5.41) is 3.76. The van der Waals surface area contributed by atoms with Crippen molar-refractivity contribution in [3.05, 3.63) is 35.9 Å². The van der Waals surface area contributed by atoms with E-state index >= 15 is 0 Å². The molecule has 4 rings (SSSR count). The first-order valence-corrected chi connectivity index (χ1v) is 8.43. The first-order chi connectivity index (χ1) is 10.2. The van der Waals surface area contributed by atoms with Gasteiger partial charge in [0.05, 0.1) is 10.2 Å². The predicted octanol–water partition coefficient (Wildman–Crippen LogP) is 4.01. The van der Waals surface area contributed by atoms with Crippen molar-refractivity contribution in [2.75, 3.05) is 5.32 Å². The lowest BCUT2D eigenvalue weighted by molar-refractivity contribution is -0.120. The Bertz CT molecular complexity index is 733. The van der Waals surface area contributed by atoms with Crippen LogP contribution in [0.3, 0.4) is 0 Å². The quantitative estimate of drug-likeness (QED) is 0.870. The number of carbonyl (C=O) groups excluding carboxylic acids is 1. The summed E-state index contributed by atoms with van der Waals surface area (Å²) in [5.41, 5.74) is 2.28. The number of hydrogen-bond donors (Lipinski definition) is 1. The summed E-state index contributed by atoms with van der Waals surface area (Å²) < 4.78 is 1.15. The number of fused-ring (bicyclic) bond motifs is 3. The van der Waals surface area contributed by atoms with Crippen LogP contribution in [-0.4, -0.2) is 10.9 Å². The van der Waals surface area contributed by atoms with Gasteiger partial charge in [0.25, 0.3) is 0 Å². The Hall–Kier alpha value is -1.68. The van der Waals surface area contributed by atoms with Gasteiger partial charge in [0.1, 0.15) is 0 Å². The van der Waals surface area contributed by atoms with Gasteiger partial charge >= 0.3 is 0 Å². The van der Waals surface area contributed by atoms with E-state index in [1.165, 1.54) is 5.56 Å². The maximum Gasteiger partial charge on any atom is 0.229 e. The molecule has 4 heteroatoms. The third kappa shape index (κ3) is 2.27. The molecule has 1 aromatic carbocycles. The highest BCUT2D eigenvalue weighted by Gasteiger charge is 2.39. The van der Waals surface area contributed by atoms with Gasteiger partial charge in [-0.05, 0) is 48.8 Å². The Kier molecular flexibility index (Phi) is 3.07. The van der Waals surface area contributed by atoms with Crippen molar-refractivity contribution in [1.29, 1.82) is 0 Å². The van der Waals surface area contributed by atoms with Crippen molar-refractivity contribution in [2.24, 2.45) is 17.8 Å². The van der Waals surface area contributed by atoms with Gasteiger partial charge in [-0.25, -0.2) is 4.98 Å². The van der Waals surface area contributed by atoms with Crippen molar-refractivity contribution in [3.8, 4) is 0 Å². The van der Waals surface area contributed by atoms with Crippen LogP contribution in [0.1, 0.15) is 25.3 Å². The van der Waals surface area contributed by atoms with Crippen LogP contribution >= 0.6 is 11.3 Å². The largest absolute Gasteiger partial charge is 0.302 e. The van der Waals surface area contributed by atoms with E-state index in [0.29, 0.717) is 11.8 Å². The van der Waals surface area contributed by atoms with E-state index in [1.54, 1.807) is 11.3 Å². The summed E-state index contributed by atoms with van der Waals surface area (Å²) in [6.07, 6.45) is 7.64. The number of hydrogen-bond acceptors (Lipinski definition) is 3. The summed E-state index contributed by atoms with van der Waals surface area (Å²) >= 11 is 1.57. The van der Waals surface area contributed by atoms with Crippen molar-refractivity contribution in [1.82, 2.24) is 4.98 Å². The van der Waals surface area contributed by atoms with Crippen molar-refractivity contribution in [2.45, 2.75) is 26.2 Å². The monoisotopic (exact) mass is 298 g/mol. The molecule has 0 aliphatic heterocycles. The van der Waals surface area contributed by atoms with Gasteiger partial charge < -0.3 is 5.32 Å². The molecule has 108 valence electrons. The van der Waals surface area contributed by atoms with Gasteiger partial charge in [-0.15, -0.1) is 0 Å². The Morgan fingerprint density at radius 1 is 1.38 bits per heavy atom. The van der Waals surface area contributed by atoms with Crippen LogP contribution in [0.2, 0.25) is 0 Å². The number of anilines is 1. The fourth-order valence-corrected chi connectivity index (χ4v) is 4.46. The standard InChI is InChI=1S/C17H18N2OS/c1-2-10-4-6-14-15(9-10)21-17(18-14)19-16(20)13-8-11-3-5-12(13)7-11/h3-6,9,11-13H,2,7-8H2,1H3,(H,18,19,20)/t11-,12+,13+/m1/s1. The summed E-state index contributed by atoms with van der Waals surface area (Å²) in [6.45, 7) is 2.15. The molecule has 0 spiro atoms. The Morgan fingerprint density at radius 3 is 3.00 bits per heavy atom. The number of aryl methyl sites for hydroxylation is 1. The van der Waals surface area contributed by atoms with Crippen molar-refractivity contribution >= 4 is 32.6 Å². The van der Waals surface area contributed by atoms with Gasteiger partial charge in [-0.1, -0.05) is 36.5 Å². The zero-order valence-electron chi connectivity index (χ0n) is 12.0. The minimum Gasteiger partial charge on any atom is -0.302 e. The number of nitrogens with zero attached hydrogens (tertiary/aromatic N) is 1. The van der Waals surface area contributed by atoms with Crippen LogP contribution < -0.4 is 5.32 Å². The number of aromatic nitrogens is 1. The minimum atomic E-state index is 0.137. The molecule has 2 aliphatic rings. The number of rotatable bonds is 3. The highest BCUT2D eigenvalue weighted by atomic mass is 32.1. The normalized spacial score (nSPS) is 26.6. The minimum absolute atomic E-state index is 0.137. The molecule has 2 aliphatic carbocycles. The summed E-state index contributed by atoms with van der Waals surface area (Å²) in [4.78, 5) is 17.0. The number of thiazole rings is 1. The second kappa shape index (κ2) is 4.95. The smallest absolute Gasteiger partial charge is 0.229 e. The van der Waals surface area contributed by atoms with E-state index < -0.39 is 0 Å². The molecule has 1 fully saturated rings. The summed E-state index contributed by atoms with van der Waals surface area (Å²) in [5.74, 6) is 1.34. The van der Waals surface area contributed by atoms with Crippen molar-refractivity contribution in [3.63, 3.8) is 0 Å². The summed E-state index contributed by atoms with van der Waals surface area (Å²) in [6, 6.07) is 6.32. The topological polar surface area (TPSA) is 42.0 Å². The molecule has 2 bridgehead atoms. The third-order valence-corrected chi connectivity index (χ3v) is 5.64. The van der Waals surface area contributed by atoms with Gasteiger partial charge in [-0.2, -0.15) is 0 Å². The third-order valence-electron chi connectivity index (χ3n) is 4.71. The van der Waals surface area contributed by atoms with Crippen LogP contribution in [0.5, 0.6) is 0 Å². The lowest BCUT2D eigenvalue weighted by atomic mass is 9.93. The van der Waals surface area contributed by atoms with E-state index in [1.807, 2.05) is 6.07 Å². The molecule has 2 aromatic rings. The van der Waals surface area contributed by atoms with E-state index in [9.17, 15) is 4.79 Å². The first-order valence-electron chi connectivity index (χ1n) is 7.61. The molecule has 21 heavy (non-hydrogen) atoms. The van der Waals surface area contributed by atoms with Crippen LogP contribution in [0, 0.1) is 17.8 Å². The Morgan fingerprint density at radius 2 is 2.29 bits per heavy atom. The highest BCUT2D eigenvalue weighted by molar-refractivity contribution is 7.22. The van der Waals surface area contributed by atoms with Crippen LogP contribution in [-0.2, 0) is 11.2 Å². The second-order valence-corrected chi connectivity index (χ2v) is 7.08. The molecule has 1 aromatic heterocycles. The fourth-order valence-electron chi connectivity index (χ4n) is 3.52. The van der Waals surface area contributed by atoms with Gasteiger partial charge in [0.2, 0.25) is 5.91 Å². The molecule has 0 saturated heterocycles. The molecule has 1 amide bonds. The number of benzene rings is 1. The number of amides is 1. The van der Waals surface area contributed by atoms with E-state index in [4.69, 9.17) is 0 Å². The van der Waals surface area contributed by atoms with Crippen molar-refractivity contribution < 1.29 is 4.79 Å². The Balaban J connectivity index is 1.54. The lowest BCUT2D eigenvalue weighted by Crippen LogP contribution is -2.25. The van der Waals surface area contributed by atoms with Gasteiger partial charge in [0, 0.05) is 5.92 Å².